The van der Waals surface area contributed by atoms with Crippen LogP contribution in [0.5, 0.6) is 5.75 Å². The van der Waals surface area contributed by atoms with Crippen LogP contribution in [0.2, 0.25) is 0 Å². The molecule has 28 heavy (non-hydrogen) atoms. The van der Waals surface area contributed by atoms with Crippen molar-refractivity contribution < 1.29 is 13.9 Å². The van der Waals surface area contributed by atoms with Crippen molar-refractivity contribution in [2.45, 2.75) is 43.9 Å². The summed E-state index contributed by atoms with van der Waals surface area (Å²) >= 11 is 0. The summed E-state index contributed by atoms with van der Waals surface area (Å²) in [4.78, 5) is 12.0. The van der Waals surface area contributed by atoms with E-state index in [1.807, 2.05) is 12.1 Å². The van der Waals surface area contributed by atoms with Gasteiger partial charge in [-0.05, 0) is 104 Å². The minimum atomic E-state index is -0.326. The van der Waals surface area contributed by atoms with Gasteiger partial charge < -0.3 is 10.1 Å². The number of carbonyl (C=O) groups excluding carboxylic acids is 1. The molecular formula is C24H26FNO2. The number of carbonyl (C=O) groups is 1. The fourth-order valence-corrected chi connectivity index (χ4v) is 6.25. The Labute approximate surface area is 165 Å². The van der Waals surface area contributed by atoms with Gasteiger partial charge in [-0.3, -0.25) is 4.79 Å². The highest BCUT2D eigenvalue weighted by molar-refractivity contribution is 5.91. The standard InChI is InChI=1S/C24H26FNO2/c25-20-3-5-21(6-4-20)26-23(27)15-28-22-7-1-19(2-8-22)24-12-16-9-17(13-24)11-18(10-16)14-24/h1-8,16-18H,9-15H2,(H,26,27). The molecule has 146 valence electrons. The lowest BCUT2D eigenvalue weighted by Crippen LogP contribution is -2.48. The number of benzene rings is 2. The van der Waals surface area contributed by atoms with Gasteiger partial charge in [-0.25, -0.2) is 4.39 Å². The zero-order chi connectivity index (χ0) is 19.1. The molecule has 2 aromatic carbocycles. The highest BCUT2D eigenvalue weighted by atomic mass is 19.1. The monoisotopic (exact) mass is 379 g/mol. The molecule has 0 spiro atoms. The van der Waals surface area contributed by atoms with Crippen LogP contribution in [0.1, 0.15) is 44.1 Å². The smallest absolute Gasteiger partial charge is 0.262 e. The Balaban J connectivity index is 1.20. The van der Waals surface area contributed by atoms with Crippen molar-refractivity contribution in [1.82, 2.24) is 0 Å². The van der Waals surface area contributed by atoms with Crippen molar-refractivity contribution in [3.8, 4) is 5.75 Å². The second-order valence-corrected chi connectivity index (χ2v) is 9.07. The number of hydrogen-bond acceptors (Lipinski definition) is 2. The summed E-state index contributed by atoms with van der Waals surface area (Å²) in [6, 6.07) is 14.1. The van der Waals surface area contributed by atoms with E-state index >= 15 is 0 Å². The number of halogens is 1. The lowest BCUT2D eigenvalue weighted by Gasteiger charge is -2.57. The first-order valence-corrected chi connectivity index (χ1v) is 10.4. The van der Waals surface area contributed by atoms with Crippen LogP contribution in [0.3, 0.4) is 0 Å². The minimum Gasteiger partial charge on any atom is -0.484 e. The first-order chi connectivity index (χ1) is 13.6. The molecule has 4 aliphatic carbocycles. The maximum Gasteiger partial charge on any atom is 0.262 e. The second-order valence-electron chi connectivity index (χ2n) is 9.07. The van der Waals surface area contributed by atoms with Gasteiger partial charge in [-0.2, -0.15) is 0 Å². The Hall–Kier alpha value is -2.36. The van der Waals surface area contributed by atoms with Gasteiger partial charge in [0.2, 0.25) is 0 Å². The zero-order valence-electron chi connectivity index (χ0n) is 16.0. The van der Waals surface area contributed by atoms with Crippen LogP contribution in [-0.4, -0.2) is 12.5 Å². The fraction of sp³-hybridized carbons (Fsp3) is 0.458. The molecule has 0 saturated heterocycles. The van der Waals surface area contributed by atoms with Gasteiger partial charge in [0, 0.05) is 5.69 Å². The first-order valence-electron chi connectivity index (χ1n) is 10.4. The third kappa shape index (κ3) is 3.41. The molecule has 2 aromatic rings. The maximum absolute atomic E-state index is 12.9. The molecule has 6 rings (SSSR count). The quantitative estimate of drug-likeness (QED) is 0.764. The Morgan fingerprint density at radius 3 is 2.07 bits per heavy atom. The predicted molar refractivity (Wildman–Crippen MR) is 107 cm³/mol. The van der Waals surface area contributed by atoms with Crippen LogP contribution >= 0.6 is 0 Å². The van der Waals surface area contributed by atoms with Crippen LogP contribution in [0.4, 0.5) is 10.1 Å². The van der Waals surface area contributed by atoms with Gasteiger partial charge in [-0.1, -0.05) is 12.1 Å². The number of anilines is 1. The Morgan fingerprint density at radius 2 is 1.50 bits per heavy atom. The minimum absolute atomic E-state index is 0.0614. The van der Waals surface area contributed by atoms with Crippen molar-refractivity contribution >= 4 is 11.6 Å². The van der Waals surface area contributed by atoms with Crippen LogP contribution in [0.25, 0.3) is 0 Å². The lowest BCUT2D eigenvalue weighted by molar-refractivity contribution is -0.118. The van der Waals surface area contributed by atoms with Gasteiger partial charge in [0.15, 0.2) is 6.61 Å². The van der Waals surface area contributed by atoms with Gasteiger partial charge >= 0.3 is 0 Å². The molecule has 0 aromatic heterocycles. The average molecular weight is 379 g/mol. The summed E-state index contributed by atoms with van der Waals surface area (Å²) in [6.45, 7) is -0.0614. The average Bonchev–Trinajstić information content (AvgIpc) is 2.68. The third-order valence-electron chi connectivity index (χ3n) is 7.00. The largest absolute Gasteiger partial charge is 0.484 e. The van der Waals surface area contributed by atoms with E-state index in [2.05, 4.69) is 17.4 Å². The zero-order valence-corrected chi connectivity index (χ0v) is 16.0. The van der Waals surface area contributed by atoms with Gasteiger partial charge in [-0.15, -0.1) is 0 Å². The van der Waals surface area contributed by atoms with Crippen molar-refractivity contribution in [2.24, 2.45) is 17.8 Å². The Kier molecular flexibility index (Phi) is 4.37. The summed E-state index contributed by atoms with van der Waals surface area (Å²) in [6.07, 6.45) is 8.38. The van der Waals surface area contributed by atoms with E-state index in [9.17, 15) is 9.18 Å². The van der Waals surface area contributed by atoms with Crippen LogP contribution in [-0.2, 0) is 10.2 Å². The number of hydrogen-bond donors (Lipinski definition) is 1. The van der Waals surface area contributed by atoms with E-state index < -0.39 is 0 Å². The molecule has 3 nitrogen and oxygen atoms in total. The summed E-state index contributed by atoms with van der Waals surface area (Å²) in [5.41, 5.74) is 2.40. The van der Waals surface area contributed by atoms with Gasteiger partial charge in [0.25, 0.3) is 5.91 Å². The molecule has 1 N–H and O–H groups in total. The summed E-state index contributed by atoms with van der Waals surface area (Å²) < 4.78 is 18.6. The number of amides is 1. The van der Waals surface area contributed by atoms with Crippen molar-refractivity contribution in [1.29, 1.82) is 0 Å². The van der Waals surface area contributed by atoms with E-state index in [1.54, 1.807) is 0 Å². The molecular weight excluding hydrogens is 353 g/mol. The fourth-order valence-electron chi connectivity index (χ4n) is 6.25. The normalized spacial score (nSPS) is 30.2. The summed E-state index contributed by atoms with van der Waals surface area (Å²) in [5.74, 6) is 2.92. The molecule has 4 bridgehead atoms. The van der Waals surface area contributed by atoms with Gasteiger partial charge in [0.1, 0.15) is 11.6 Å². The Morgan fingerprint density at radius 1 is 0.929 bits per heavy atom. The lowest BCUT2D eigenvalue weighted by atomic mass is 9.48. The Bertz CT molecular complexity index is 824. The van der Waals surface area contributed by atoms with Crippen molar-refractivity contribution in [2.75, 3.05) is 11.9 Å². The molecule has 1 amide bonds. The highest BCUT2D eigenvalue weighted by Gasteiger charge is 2.51. The summed E-state index contributed by atoms with van der Waals surface area (Å²) in [7, 11) is 0. The van der Waals surface area contributed by atoms with Crippen LogP contribution in [0.15, 0.2) is 48.5 Å². The molecule has 4 saturated carbocycles. The molecule has 4 heteroatoms. The van der Waals surface area contributed by atoms with E-state index in [1.165, 1.54) is 68.4 Å². The molecule has 0 atom stereocenters. The van der Waals surface area contributed by atoms with E-state index in [0.717, 1.165) is 17.8 Å². The molecule has 0 heterocycles. The van der Waals surface area contributed by atoms with E-state index in [4.69, 9.17) is 4.74 Å². The molecule has 0 unspecified atom stereocenters. The van der Waals surface area contributed by atoms with E-state index in [0.29, 0.717) is 16.9 Å². The predicted octanol–water partition coefficient (Wildman–Crippen LogP) is 5.31. The first kappa shape index (κ1) is 17.7. The molecule has 0 aliphatic heterocycles. The highest BCUT2D eigenvalue weighted by Crippen LogP contribution is 2.60. The van der Waals surface area contributed by atoms with Crippen LogP contribution < -0.4 is 10.1 Å². The molecule has 4 aliphatic rings. The van der Waals surface area contributed by atoms with Crippen molar-refractivity contribution in [3.05, 3.63) is 59.9 Å². The van der Waals surface area contributed by atoms with Gasteiger partial charge in [0.05, 0.1) is 0 Å². The molecule has 4 fully saturated rings. The molecule has 0 radical (unpaired) electrons. The second kappa shape index (κ2) is 6.91. The summed E-state index contributed by atoms with van der Waals surface area (Å²) in [5, 5.41) is 2.71. The maximum atomic E-state index is 12.9. The number of ether oxygens (including phenoxy) is 1. The SMILES string of the molecule is O=C(COc1ccc(C23CC4CC(CC(C4)C2)C3)cc1)Nc1ccc(F)cc1. The van der Waals surface area contributed by atoms with E-state index in [-0.39, 0.29) is 18.3 Å². The van der Waals surface area contributed by atoms with Crippen molar-refractivity contribution in [3.63, 3.8) is 0 Å². The number of nitrogens with one attached hydrogen (secondary N) is 1. The topological polar surface area (TPSA) is 38.3 Å². The van der Waals surface area contributed by atoms with Crippen LogP contribution in [0, 0.1) is 23.6 Å². The third-order valence-corrected chi connectivity index (χ3v) is 7.00. The number of rotatable bonds is 5.